The van der Waals surface area contributed by atoms with Crippen LogP contribution >= 0.6 is 0 Å². The van der Waals surface area contributed by atoms with Gasteiger partial charge in [0, 0.05) is 18.8 Å². The van der Waals surface area contributed by atoms with Crippen LogP contribution in [0.4, 0.5) is 0 Å². The molecule has 104 valence electrons. The number of hydrogen-bond donors (Lipinski definition) is 1. The summed E-state index contributed by atoms with van der Waals surface area (Å²) in [6, 6.07) is 10.4. The van der Waals surface area contributed by atoms with E-state index in [1.807, 2.05) is 48.3 Å². The molecule has 1 aromatic heterocycles. The van der Waals surface area contributed by atoms with Gasteiger partial charge in [-0.15, -0.1) is 0 Å². The van der Waals surface area contributed by atoms with Crippen molar-refractivity contribution in [2.75, 3.05) is 0 Å². The monoisotopic (exact) mass is 268 g/mol. The van der Waals surface area contributed by atoms with Gasteiger partial charge in [0.1, 0.15) is 0 Å². The second-order valence-electron chi connectivity index (χ2n) is 5.18. The minimum atomic E-state index is 0.262. The Hall–Kier alpha value is -2.12. The van der Waals surface area contributed by atoms with Crippen molar-refractivity contribution in [3.8, 4) is 6.07 Å². The fourth-order valence-corrected chi connectivity index (χ4v) is 2.11. The normalized spacial score (nSPS) is 13.7. The highest BCUT2D eigenvalue weighted by molar-refractivity contribution is 5.37. The van der Waals surface area contributed by atoms with Crippen molar-refractivity contribution in [1.82, 2.24) is 15.1 Å². The molecule has 0 radical (unpaired) electrons. The van der Waals surface area contributed by atoms with Crippen LogP contribution in [0.3, 0.4) is 0 Å². The quantitative estimate of drug-likeness (QED) is 0.907. The third kappa shape index (κ3) is 3.25. The molecule has 0 spiro atoms. The summed E-state index contributed by atoms with van der Waals surface area (Å²) in [6.07, 6.45) is 3.92. The molecule has 0 bridgehead atoms. The van der Waals surface area contributed by atoms with Crippen LogP contribution in [0, 0.1) is 18.3 Å². The van der Waals surface area contributed by atoms with Crippen molar-refractivity contribution in [3.63, 3.8) is 0 Å². The lowest BCUT2D eigenvalue weighted by Crippen LogP contribution is -2.33. The minimum Gasteiger partial charge on any atom is -0.308 e. The third-order valence-corrected chi connectivity index (χ3v) is 3.62. The molecule has 2 rings (SSSR count). The van der Waals surface area contributed by atoms with Crippen LogP contribution in [0.5, 0.6) is 0 Å². The number of benzene rings is 1. The summed E-state index contributed by atoms with van der Waals surface area (Å²) in [5, 5.41) is 16.9. The van der Waals surface area contributed by atoms with Crippen LogP contribution in [0.15, 0.2) is 36.7 Å². The van der Waals surface area contributed by atoms with Gasteiger partial charge in [0.05, 0.1) is 23.9 Å². The molecule has 20 heavy (non-hydrogen) atoms. The van der Waals surface area contributed by atoms with Crippen molar-refractivity contribution in [1.29, 1.82) is 5.26 Å². The van der Waals surface area contributed by atoms with Crippen LogP contribution in [-0.2, 0) is 6.54 Å². The van der Waals surface area contributed by atoms with E-state index in [1.54, 1.807) is 0 Å². The summed E-state index contributed by atoms with van der Waals surface area (Å²) in [5.41, 5.74) is 2.93. The Balaban J connectivity index is 1.98. The predicted molar refractivity (Wildman–Crippen MR) is 79.1 cm³/mol. The van der Waals surface area contributed by atoms with Crippen molar-refractivity contribution < 1.29 is 0 Å². The van der Waals surface area contributed by atoms with Gasteiger partial charge in [-0.25, -0.2) is 0 Å². The molecule has 1 N–H and O–H groups in total. The van der Waals surface area contributed by atoms with E-state index in [2.05, 4.69) is 30.3 Å². The Bertz CT molecular complexity index is 609. The molecule has 2 atom stereocenters. The molecule has 4 nitrogen and oxygen atoms in total. The van der Waals surface area contributed by atoms with Gasteiger partial charge in [0.2, 0.25) is 0 Å². The first kappa shape index (κ1) is 14.3. The smallest absolute Gasteiger partial charge is 0.0995 e. The number of aromatic nitrogens is 2. The number of rotatable bonds is 5. The molecule has 0 amide bonds. The van der Waals surface area contributed by atoms with Gasteiger partial charge in [-0.2, -0.15) is 10.4 Å². The largest absolute Gasteiger partial charge is 0.308 e. The number of hydrogen-bond acceptors (Lipinski definition) is 3. The maximum absolute atomic E-state index is 9.08. The molecule has 4 heteroatoms. The number of nitrogens with one attached hydrogen (secondary N) is 1. The fourth-order valence-electron chi connectivity index (χ4n) is 2.11. The van der Waals surface area contributed by atoms with E-state index >= 15 is 0 Å². The number of nitrogens with zero attached hydrogens (tertiary/aromatic N) is 3. The van der Waals surface area contributed by atoms with Crippen molar-refractivity contribution in [2.45, 2.75) is 39.4 Å². The van der Waals surface area contributed by atoms with E-state index < -0.39 is 0 Å². The van der Waals surface area contributed by atoms with Crippen LogP contribution in [0.25, 0.3) is 0 Å². The van der Waals surface area contributed by atoms with Gasteiger partial charge >= 0.3 is 0 Å². The lowest BCUT2D eigenvalue weighted by molar-refractivity contribution is 0.365. The van der Waals surface area contributed by atoms with Crippen molar-refractivity contribution in [3.05, 3.63) is 53.3 Å². The molecule has 1 aromatic carbocycles. The Kier molecular flexibility index (Phi) is 4.54. The maximum atomic E-state index is 9.08. The molecule has 1 heterocycles. The Morgan fingerprint density at radius 3 is 2.75 bits per heavy atom. The molecule has 0 fully saturated rings. The highest BCUT2D eigenvalue weighted by atomic mass is 15.3. The average Bonchev–Trinajstić information content (AvgIpc) is 2.90. The van der Waals surface area contributed by atoms with Gasteiger partial charge in [0.25, 0.3) is 0 Å². The van der Waals surface area contributed by atoms with E-state index in [-0.39, 0.29) is 12.1 Å². The van der Waals surface area contributed by atoms with Gasteiger partial charge in [0.15, 0.2) is 0 Å². The molecular formula is C16H20N4. The third-order valence-electron chi connectivity index (χ3n) is 3.62. The van der Waals surface area contributed by atoms with E-state index in [9.17, 15) is 0 Å². The zero-order valence-electron chi connectivity index (χ0n) is 12.2. The average molecular weight is 268 g/mol. The van der Waals surface area contributed by atoms with Gasteiger partial charge in [-0.1, -0.05) is 18.2 Å². The summed E-state index contributed by atoms with van der Waals surface area (Å²) in [5.74, 6) is 0. The van der Waals surface area contributed by atoms with Crippen LogP contribution in [0.2, 0.25) is 0 Å². The summed E-state index contributed by atoms with van der Waals surface area (Å²) in [7, 11) is 0. The molecule has 0 aliphatic rings. The summed E-state index contributed by atoms with van der Waals surface area (Å²) in [6.45, 7) is 7.00. The molecule has 0 aliphatic carbocycles. The summed E-state index contributed by atoms with van der Waals surface area (Å²) >= 11 is 0. The van der Waals surface area contributed by atoms with E-state index in [1.165, 1.54) is 5.56 Å². The van der Waals surface area contributed by atoms with Crippen LogP contribution < -0.4 is 5.32 Å². The number of nitriles is 1. The lowest BCUT2D eigenvalue weighted by Gasteiger charge is -2.22. The maximum Gasteiger partial charge on any atom is 0.0995 e. The van der Waals surface area contributed by atoms with Gasteiger partial charge in [-0.3, -0.25) is 4.68 Å². The van der Waals surface area contributed by atoms with Crippen LogP contribution in [-0.4, -0.2) is 15.8 Å². The Morgan fingerprint density at radius 1 is 1.35 bits per heavy atom. The molecule has 0 unspecified atom stereocenters. The lowest BCUT2D eigenvalue weighted by atomic mass is 10.1. The fraction of sp³-hybridized carbons (Fsp3) is 0.375. The number of aryl methyl sites for hydroxylation is 1. The second kappa shape index (κ2) is 6.36. The molecule has 0 saturated heterocycles. The predicted octanol–water partition coefficient (Wildman–Crippen LogP) is 2.80. The standard InChI is InChI=1S/C16H20N4/c1-12-9-19-20(11-12)14(3)13(2)18-10-16-7-5-4-6-15(16)8-17/h4-7,9,11,13-14,18H,10H2,1-3H3/t13-,14+/m0/s1. The summed E-state index contributed by atoms with van der Waals surface area (Å²) in [4.78, 5) is 0. The highest BCUT2D eigenvalue weighted by Crippen LogP contribution is 2.13. The van der Waals surface area contributed by atoms with Gasteiger partial charge in [-0.05, 0) is 38.0 Å². The SMILES string of the molecule is Cc1cnn([C@H](C)[C@H](C)NCc2ccccc2C#N)c1. The van der Waals surface area contributed by atoms with E-state index in [4.69, 9.17) is 5.26 Å². The van der Waals surface area contributed by atoms with Gasteiger partial charge < -0.3 is 5.32 Å². The Morgan fingerprint density at radius 2 is 2.10 bits per heavy atom. The topological polar surface area (TPSA) is 53.6 Å². The first-order valence-corrected chi connectivity index (χ1v) is 6.84. The minimum absolute atomic E-state index is 0.262. The second-order valence-corrected chi connectivity index (χ2v) is 5.18. The highest BCUT2D eigenvalue weighted by Gasteiger charge is 2.14. The van der Waals surface area contributed by atoms with E-state index in [0.29, 0.717) is 6.54 Å². The van der Waals surface area contributed by atoms with Crippen LogP contribution in [0.1, 0.15) is 36.6 Å². The van der Waals surface area contributed by atoms with Crippen molar-refractivity contribution >= 4 is 0 Å². The first-order valence-electron chi connectivity index (χ1n) is 6.84. The molecule has 2 aromatic rings. The first-order chi connectivity index (χ1) is 9.61. The molecular weight excluding hydrogens is 248 g/mol. The summed E-state index contributed by atoms with van der Waals surface area (Å²) < 4.78 is 1.98. The van der Waals surface area contributed by atoms with Crippen molar-refractivity contribution in [2.24, 2.45) is 0 Å². The van der Waals surface area contributed by atoms with E-state index in [0.717, 1.165) is 11.1 Å². The molecule has 0 saturated carbocycles. The zero-order chi connectivity index (χ0) is 14.5. The Labute approximate surface area is 120 Å². The zero-order valence-corrected chi connectivity index (χ0v) is 12.2. The molecule has 0 aliphatic heterocycles.